The average Bonchev–Trinajstić information content (AvgIpc) is 2.48. The van der Waals surface area contributed by atoms with Crippen molar-refractivity contribution in [1.82, 2.24) is 5.32 Å². The van der Waals surface area contributed by atoms with Crippen LogP contribution in [0.4, 0.5) is 0 Å². The van der Waals surface area contributed by atoms with E-state index < -0.39 is 0 Å². The summed E-state index contributed by atoms with van der Waals surface area (Å²) in [7, 11) is 0. The van der Waals surface area contributed by atoms with Gasteiger partial charge in [-0.25, -0.2) is 0 Å². The minimum atomic E-state index is -0.137. The van der Waals surface area contributed by atoms with Crippen LogP contribution < -0.4 is 10.1 Å². The molecule has 4 heteroatoms. The Morgan fingerprint density at radius 2 is 1.95 bits per heavy atom. The zero-order chi connectivity index (χ0) is 14.2. The highest BCUT2D eigenvalue weighted by molar-refractivity contribution is 5.69. The molecule has 1 aromatic carbocycles. The first-order valence-electron chi connectivity index (χ1n) is 7.40. The highest BCUT2D eigenvalue weighted by Gasteiger charge is 2.14. The Hall–Kier alpha value is -1.55. The van der Waals surface area contributed by atoms with Crippen LogP contribution in [-0.2, 0) is 16.0 Å². The fraction of sp³-hybridized carbons (Fsp3) is 0.562. The molecular formula is C16H23NO3. The van der Waals surface area contributed by atoms with Crippen molar-refractivity contribution in [2.24, 2.45) is 0 Å². The molecule has 0 saturated carbocycles. The standard InChI is InChI=1S/C16H23NO3/c1-2-19-16(18)8-5-13-3-6-14(7-4-13)20-15-9-11-17-12-10-15/h3-4,6-7,15,17H,2,5,8-12H2,1H3. The summed E-state index contributed by atoms with van der Waals surface area (Å²) in [4.78, 5) is 11.3. The Bertz CT molecular complexity index is 410. The van der Waals surface area contributed by atoms with Gasteiger partial charge in [0.2, 0.25) is 0 Å². The summed E-state index contributed by atoms with van der Waals surface area (Å²) >= 11 is 0. The smallest absolute Gasteiger partial charge is 0.306 e. The van der Waals surface area contributed by atoms with E-state index in [-0.39, 0.29) is 5.97 Å². The van der Waals surface area contributed by atoms with Crippen molar-refractivity contribution in [2.45, 2.75) is 38.7 Å². The van der Waals surface area contributed by atoms with Crippen molar-refractivity contribution >= 4 is 5.97 Å². The van der Waals surface area contributed by atoms with Gasteiger partial charge in [0.25, 0.3) is 0 Å². The molecule has 0 aromatic heterocycles. The molecule has 4 nitrogen and oxygen atoms in total. The first-order chi connectivity index (χ1) is 9.78. The van der Waals surface area contributed by atoms with Crippen LogP contribution in [0.25, 0.3) is 0 Å². The lowest BCUT2D eigenvalue weighted by Gasteiger charge is -2.23. The zero-order valence-electron chi connectivity index (χ0n) is 12.1. The van der Waals surface area contributed by atoms with Crippen LogP contribution in [0, 0.1) is 0 Å². The molecule has 0 bridgehead atoms. The molecule has 0 amide bonds. The van der Waals surface area contributed by atoms with Gasteiger partial charge in [0.15, 0.2) is 0 Å². The molecular weight excluding hydrogens is 254 g/mol. The van der Waals surface area contributed by atoms with E-state index in [4.69, 9.17) is 9.47 Å². The van der Waals surface area contributed by atoms with E-state index in [1.807, 2.05) is 31.2 Å². The molecule has 1 heterocycles. The average molecular weight is 277 g/mol. The highest BCUT2D eigenvalue weighted by Crippen LogP contribution is 2.18. The topological polar surface area (TPSA) is 47.6 Å². The van der Waals surface area contributed by atoms with Gasteiger partial charge in [-0.2, -0.15) is 0 Å². The van der Waals surface area contributed by atoms with Crippen molar-refractivity contribution in [3.63, 3.8) is 0 Å². The number of hydrogen-bond donors (Lipinski definition) is 1. The number of benzene rings is 1. The highest BCUT2D eigenvalue weighted by atomic mass is 16.5. The second-order valence-corrected chi connectivity index (χ2v) is 5.02. The third-order valence-corrected chi connectivity index (χ3v) is 3.44. The van der Waals surface area contributed by atoms with Crippen LogP contribution >= 0.6 is 0 Å². The molecule has 2 rings (SSSR count). The Balaban J connectivity index is 1.78. The second kappa shape index (κ2) is 7.90. The molecule has 1 aliphatic heterocycles. The monoisotopic (exact) mass is 277 g/mol. The maximum Gasteiger partial charge on any atom is 0.306 e. The Kier molecular flexibility index (Phi) is 5.87. The fourth-order valence-corrected chi connectivity index (χ4v) is 2.32. The maximum absolute atomic E-state index is 11.3. The second-order valence-electron chi connectivity index (χ2n) is 5.02. The van der Waals surface area contributed by atoms with E-state index in [1.165, 1.54) is 0 Å². The van der Waals surface area contributed by atoms with Gasteiger partial charge in [-0.3, -0.25) is 4.79 Å². The molecule has 1 N–H and O–H groups in total. The van der Waals surface area contributed by atoms with Gasteiger partial charge in [-0.1, -0.05) is 12.1 Å². The van der Waals surface area contributed by atoms with Gasteiger partial charge in [-0.05, 0) is 57.0 Å². The SMILES string of the molecule is CCOC(=O)CCc1ccc(OC2CCNCC2)cc1. The number of aryl methyl sites for hydroxylation is 1. The zero-order valence-corrected chi connectivity index (χ0v) is 12.1. The molecule has 0 unspecified atom stereocenters. The van der Waals surface area contributed by atoms with Crippen LogP contribution in [0.2, 0.25) is 0 Å². The predicted octanol–water partition coefficient (Wildman–Crippen LogP) is 2.31. The molecule has 1 aromatic rings. The molecule has 0 aliphatic carbocycles. The van der Waals surface area contributed by atoms with Crippen LogP contribution in [0.3, 0.4) is 0 Å². The van der Waals surface area contributed by atoms with Crippen LogP contribution in [0.1, 0.15) is 31.7 Å². The molecule has 0 spiro atoms. The van der Waals surface area contributed by atoms with E-state index in [1.54, 1.807) is 0 Å². The van der Waals surface area contributed by atoms with E-state index in [2.05, 4.69) is 5.32 Å². The minimum absolute atomic E-state index is 0.137. The Labute approximate surface area is 120 Å². The summed E-state index contributed by atoms with van der Waals surface area (Å²) in [6, 6.07) is 8.02. The van der Waals surface area contributed by atoms with Crippen molar-refractivity contribution in [3.8, 4) is 5.75 Å². The Morgan fingerprint density at radius 1 is 1.25 bits per heavy atom. The van der Waals surface area contributed by atoms with Gasteiger partial charge in [0.1, 0.15) is 11.9 Å². The lowest BCUT2D eigenvalue weighted by atomic mass is 10.1. The summed E-state index contributed by atoms with van der Waals surface area (Å²) < 4.78 is 10.9. The number of esters is 1. The number of carbonyl (C=O) groups excluding carboxylic acids is 1. The van der Waals surface area contributed by atoms with Crippen molar-refractivity contribution in [2.75, 3.05) is 19.7 Å². The number of nitrogens with one attached hydrogen (secondary N) is 1. The molecule has 1 fully saturated rings. The van der Waals surface area contributed by atoms with Crippen LogP contribution in [-0.4, -0.2) is 31.8 Å². The number of hydrogen-bond acceptors (Lipinski definition) is 4. The first kappa shape index (κ1) is 14.9. The van der Waals surface area contributed by atoms with Gasteiger partial charge >= 0.3 is 5.97 Å². The summed E-state index contributed by atoms with van der Waals surface area (Å²) in [5.41, 5.74) is 1.13. The summed E-state index contributed by atoms with van der Waals surface area (Å²) in [6.45, 7) is 4.33. The number of ether oxygens (including phenoxy) is 2. The third-order valence-electron chi connectivity index (χ3n) is 3.44. The molecule has 0 radical (unpaired) electrons. The summed E-state index contributed by atoms with van der Waals surface area (Å²) in [5, 5.41) is 3.32. The predicted molar refractivity (Wildman–Crippen MR) is 77.9 cm³/mol. The largest absolute Gasteiger partial charge is 0.490 e. The van der Waals surface area contributed by atoms with Crippen LogP contribution in [0.5, 0.6) is 5.75 Å². The molecule has 1 aliphatic rings. The van der Waals surface area contributed by atoms with E-state index in [0.717, 1.165) is 37.2 Å². The van der Waals surface area contributed by atoms with Crippen molar-refractivity contribution < 1.29 is 14.3 Å². The molecule has 1 saturated heterocycles. The number of piperidine rings is 1. The fourth-order valence-electron chi connectivity index (χ4n) is 2.32. The molecule has 0 atom stereocenters. The van der Waals surface area contributed by atoms with Crippen molar-refractivity contribution in [1.29, 1.82) is 0 Å². The van der Waals surface area contributed by atoms with E-state index in [0.29, 0.717) is 25.6 Å². The van der Waals surface area contributed by atoms with Gasteiger partial charge in [0.05, 0.1) is 6.61 Å². The van der Waals surface area contributed by atoms with Gasteiger partial charge in [-0.15, -0.1) is 0 Å². The quantitative estimate of drug-likeness (QED) is 0.811. The third kappa shape index (κ3) is 4.85. The van der Waals surface area contributed by atoms with Gasteiger partial charge < -0.3 is 14.8 Å². The first-order valence-corrected chi connectivity index (χ1v) is 7.40. The maximum atomic E-state index is 11.3. The summed E-state index contributed by atoms with van der Waals surface area (Å²) in [6.07, 6.45) is 3.59. The minimum Gasteiger partial charge on any atom is -0.490 e. The lowest BCUT2D eigenvalue weighted by Crippen LogP contribution is -2.34. The molecule has 20 heavy (non-hydrogen) atoms. The summed E-state index contributed by atoms with van der Waals surface area (Å²) in [5.74, 6) is 0.777. The van der Waals surface area contributed by atoms with E-state index >= 15 is 0 Å². The normalized spacial score (nSPS) is 15.8. The van der Waals surface area contributed by atoms with Crippen LogP contribution in [0.15, 0.2) is 24.3 Å². The lowest BCUT2D eigenvalue weighted by molar-refractivity contribution is -0.143. The number of carbonyl (C=O) groups is 1. The van der Waals surface area contributed by atoms with E-state index in [9.17, 15) is 4.79 Å². The van der Waals surface area contributed by atoms with Crippen molar-refractivity contribution in [3.05, 3.63) is 29.8 Å². The Morgan fingerprint density at radius 3 is 2.60 bits per heavy atom. The number of rotatable bonds is 6. The van der Waals surface area contributed by atoms with Gasteiger partial charge in [0, 0.05) is 6.42 Å². The molecule has 110 valence electrons.